The van der Waals surface area contributed by atoms with E-state index in [0.717, 1.165) is 0 Å². The third kappa shape index (κ3) is 4.42. The first-order valence-corrected chi connectivity index (χ1v) is 6.87. The number of hydrogen-bond acceptors (Lipinski definition) is 4. The largest absolute Gasteiger partial charge is 0.494 e. The number of halogens is 1. The van der Waals surface area contributed by atoms with Crippen molar-refractivity contribution in [1.29, 1.82) is 0 Å². The van der Waals surface area contributed by atoms with Crippen molar-refractivity contribution >= 4 is 23.5 Å². The van der Waals surface area contributed by atoms with Gasteiger partial charge in [-0.05, 0) is 30.7 Å². The van der Waals surface area contributed by atoms with Crippen LogP contribution in [0.2, 0.25) is 5.02 Å². The normalized spacial score (nSPS) is 17.6. The van der Waals surface area contributed by atoms with E-state index in [0.29, 0.717) is 43.2 Å². The highest BCUT2D eigenvalue weighted by molar-refractivity contribution is 6.30. The molecule has 1 fully saturated rings. The van der Waals surface area contributed by atoms with Gasteiger partial charge in [0.2, 0.25) is 5.91 Å². The lowest BCUT2D eigenvalue weighted by Gasteiger charge is -2.09. The first-order valence-electron chi connectivity index (χ1n) is 6.49. The molecule has 1 heterocycles. The maximum Gasteiger partial charge on any atom is 0.328 e. The van der Waals surface area contributed by atoms with Crippen molar-refractivity contribution in [3.05, 3.63) is 29.3 Å². The Morgan fingerprint density at radius 1 is 1.40 bits per heavy atom. The van der Waals surface area contributed by atoms with Crippen molar-refractivity contribution in [3.8, 4) is 5.75 Å². The van der Waals surface area contributed by atoms with E-state index in [4.69, 9.17) is 21.1 Å². The molecule has 1 aromatic rings. The molecule has 1 amide bonds. The Balaban J connectivity index is 1.62. The summed E-state index contributed by atoms with van der Waals surface area (Å²) in [6.45, 7) is 0.813. The first-order chi connectivity index (χ1) is 9.65. The van der Waals surface area contributed by atoms with E-state index < -0.39 is 6.04 Å². The third-order valence-electron chi connectivity index (χ3n) is 2.90. The molecular weight excluding hydrogens is 282 g/mol. The van der Waals surface area contributed by atoms with E-state index in [1.807, 2.05) is 0 Å². The molecule has 20 heavy (non-hydrogen) atoms. The minimum Gasteiger partial charge on any atom is -0.494 e. The van der Waals surface area contributed by atoms with Crippen LogP contribution in [-0.2, 0) is 14.3 Å². The number of carbonyl (C=O) groups is 2. The lowest BCUT2D eigenvalue weighted by atomic mass is 10.2. The summed E-state index contributed by atoms with van der Waals surface area (Å²) in [6, 6.07) is 6.55. The van der Waals surface area contributed by atoms with Gasteiger partial charge in [-0.2, -0.15) is 0 Å². The minimum absolute atomic E-state index is 0.159. The highest BCUT2D eigenvalue weighted by atomic mass is 35.5. The molecule has 0 saturated carbocycles. The predicted molar refractivity (Wildman–Crippen MR) is 73.7 cm³/mol. The zero-order valence-electron chi connectivity index (χ0n) is 10.9. The molecule has 0 aliphatic carbocycles. The average molecular weight is 298 g/mol. The zero-order valence-corrected chi connectivity index (χ0v) is 11.7. The zero-order chi connectivity index (χ0) is 14.4. The lowest BCUT2D eigenvalue weighted by molar-refractivity contribution is -0.141. The molecule has 1 N–H and O–H groups in total. The second-order valence-corrected chi connectivity index (χ2v) is 4.92. The van der Waals surface area contributed by atoms with Gasteiger partial charge >= 0.3 is 5.97 Å². The standard InChI is InChI=1S/C14H16ClNO4/c15-10-3-5-11(6-4-10)19-8-1-2-13(17)16-12-7-9-20-14(12)18/h3-6,12H,1-2,7-9H2,(H,16,17)/t12-/m0/s1. The summed E-state index contributed by atoms with van der Waals surface area (Å²) in [5.41, 5.74) is 0. The summed E-state index contributed by atoms with van der Waals surface area (Å²) < 4.78 is 10.2. The summed E-state index contributed by atoms with van der Waals surface area (Å²) >= 11 is 5.76. The minimum atomic E-state index is -0.486. The van der Waals surface area contributed by atoms with Crippen molar-refractivity contribution < 1.29 is 19.1 Å². The number of rotatable bonds is 6. The quantitative estimate of drug-likeness (QED) is 0.644. The van der Waals surface area contributed by atoms with E-state index >= 15 is 0 Å². The fourth-order valence-corrected chi connectivity index (χ4v) is 1.97. The molecule has 5 nitrogen and oxygen atoms in total. The molecule has 0 spiro atoms. The summed E-state index contributed by atoms with van der Waals surface area (Å²) in [7, 11) is 0. The van der Waals surface area contributed by atoms with Gasteiger partial charge in [-0.25, -0.2) is 4.79 Å². The van der Waals surface area contributed by atoms with Crippen molar-refractivity contribution in [2.75, 3.05) is 13.2 Å². The Morgan fingerprint density at radius 3 is 2.80 bits per heavy atom. The second kappa shape index (κ2) is 7.14. The number of benzene rings is 1. The van der Waals surface area contributed by atoms with Gasteiger partial charge in [0, 0.05) is 17.9 Å². The maximum atomic E-state index is 11.6. The third-order valence-corrected chi connectivity index (χ3v) is 3.15. The van der Waals surface area contributed by atoms with Crippen molar-refractivity contribution in [3.63, 3.8) is 0 Å². The van der Waals surface area contributed by atoms with Gasteiger partial charge in [-0.15, -0.1) is 0 Å². The van der Waals surface area contributed by atoms with E-state index in [1.54, 1.807) is 24.3 Å². The molecule has 6 heteroatoms. The molecular formula is C14H16ClNO4. The molecule has 0 unspecified atom stereocenters. The van der Waals surface area contributed by atoms with E-state index in [9.17, 15) is 9.59 Å². The Hall–Kier alpha value is -1.75. The van der Waals surface area contributed by atoms with Crippen LogP contribution < -0.4 is 10.1 Å². The van der Waals surface area contributed by atoms with E-state index in [1.165, 1.54) is 0 Å². The molecule has 0 radical (unpaired) electrons. The van der Waals surface area contributed by atoms with Gasteiger partial charge in [-0.3, -0.25) is 4.79 Å². The Labute approximate surface area is 122 Å². The molecule has 108 valence electrons. The highest BCUT2D eigenvalue weighted by Gasteiger charge is 2.27. The predicted octanol–water partition coefficient (Wildman–Crippen LogP) is 1.93. The molecule has 1 atom stereocenters. The molecule has 1 aliphatic heterocycles. The van der Waals surface area contributed by atoms with Crippen LogP contribution in [0.3, 0.4) is 0 Å². The fraction of sp³-hybridized carbons (Fsp3) is 0.429. The summed E-state index contributed by atoms with van der Waals surface area (Å²) in [5.74, 6) is 0.207. The van der Waals surface area contributed by atoms with Crippen LogP contribution in [0.1, 0.15) is 19.3 Å². The molecule has 1 aromatic carbocycles. The van der Waals surface area contributed by atoms with E-state index in [2.05, 4.69) is 5.32 Å². The summed E-state index contributed by atoms with van der Waals surface area (Å²) in [6.07, 6.45) is 1.44. The number of ether oxygens (including phenoxy) is 2. The molecule has 1 saturated heterocycles. The summed E-state index contributed by atoms with van der Waals surface area (Å²) in [4.78, 5) is 22.8. The van der Waals surface area contributed by atoms with Crippen molar-refractivity contribution in [1.82, 2.24) is 5.32 Å². The molecule has 0 bridgehead atoms. The fourth-order valence-electron chi connectivity index (χ4n) is 1.85. The Bertz CT molecular complexity index is 475. The van der Waals surface area contributed by atoms with Crippen molar-refractivity contribution in [2.45, 2.75) is 25.3 Å². The SMILES string of the molecule is O=C(CCCOc1ccc(Cl)cc1)N[C@H]1CCOC1=O. The van der Waals surface area contributed by atoms with Gasteiger partial charge in [0.05, 0.1) is 13.2 Å². The van der Waals surface area contributed by atoms with Crippen LogP contribution in [0, 0.1) is 0 Å². The number of cyclic esters (lactones) is 1. The Kier molecular flexibility index (Phi) is 5.24. The van der Waals surface area contributed by atoms with E-state index in [-0.39, 0.29) is 11.9 Å². The smallest absolute Gasteiger partial charge is 0.328 e. The number of carbonyl (C=O) groups excluding carboxylic acids is 2. The van der Waals surface area contributed by atoms with Gasteiger partial charge in [0.15, 0.2) is 0 Å². The van der Waals surface area contributed by atoms with Gasteiger partial charge in [0.25, 0.3) is 0 Å². The van der Waals surface area contributed by atoms with Gasteiger partial charge in [0.1, 0.15) is 11.8 Å². The van der Waals surface area contributed by atoms with Gasteiger partial charge in [-0.1, -0.05) is 11.6 Å². The molecule has 2 rings (SSSR count). The first kappa shape index (κ1) is 14.7. The van der Waals surface area contributed by atoms with Crippen LogP contribution in [0.4, 0.5) is 0 Å². The van der Waals surface area contributed by atoms with Crippen LogP contribution in [-0.4, -0.2) is 31.1 Å². The number of nitrogens with one attached hydrogen (secondary N) is 1. The van der Waals surface area contributed by atoms with Crippen LogP contribution in [0.5, 0.6) is 5.75 Å². The second-order valence-electron chi connectivity index (χ2n) is 4.48. The lowest BCUT2D eigenvalue weighted by Crippen LogP contribution is -2.37. The average Bonchev–Trinajstić information content (AvgIpc) is 2.82. The number of amides is 1. The summed E-state index contributed by atoms with van der Waals surface area (Å²) in [5, 5.41) is 3.30. The highest BCUT2D eigenvalue weighted by Crippen LogP contribution is 2.15. The maximum absolute atomic E-state index is 11.6. The molecule has 0 aromatic heterocycles. The number of esters is 1. The van der Waals surface area contributed by atoms with Gasteiger partial charge < -0.3 is 14.8 Å². The number of hydrogen-bond donors (Lipinski definition) is 1. The van der Waals surface area contributed by atoms with Crippen LogP contribution >= 0.6 is 11.6 Å². The Morgan fingerprint density at radius 2 is 2.15 bits per heavy atom. The van der Waals surface area contributed by atoms with Crippen LogP contribution in [0.15, 0.2) is 24.3 Å². The van der Waals surface area contributed by atoms with Crippen LogP contribution in [0.25, 0.3) is 0 Å². The monoisotopic (exact) mass is 297 g/mol. The van der Waals surface area contributed by atoms with Crippen molar-refractivity contribution in [2.24, 2.45) is 0 Å². The molecule has 1 aliphatic rings. The topological polar surface area (TPSA) is 64.6 Å².